The van der Waals surface area contributed by atoms with E-state index in [0.29, 0.717) is 12.8 Å². The van der Waals surface area contributed by atoms with Gasteiger partial charge in [-0.25, -0.2) is 0 Å². The number of rotatable bonds is 7. The number of fused-ring (bicyclic) bond motifs is 3. The third-order valence-electron chi connectivity index (χ3n) is 5.35. The van der Waals surface area contributed by atoms with E-state index in [-0.39, 0.29) is 37.3 Å². The first kappa shape index (κ1) is 18.8. The van der Waals surface area contributed by atoms with Crippen LogP contribution in [-0.4, -0.2) is 33.6 Å². The number of hydrogen-bond donors (Lipinski definition) is 0. The van der Waals surface area contributed by atoms with E-state index in [1.54, 1.807) is 14.2 Å². The van der Waals surface area contributed by atoms with Crippen molar-refractivity contribution in [2.75, 3.05) is 27.8 Å². The summed E-state index contributed by atoms with van der Waals surface area (Å²) in [4.78, 5) is 12.3. The SMILES string of the molecule is COCOc1ccc([C@H]2Oc3ccc(OCOC)cc3[C@H]3CC(=O)C[C@H]32)cc1. The maximum Gasteiger partial charge on any atom is 0.188 e. The van der Waals surface area contributed by atoms with Gasteiger partial charge in [0.2, 0.25) is 0 Å². The molecule has 1 fully saturated rings. The summed E-state index contributed by atoms with van der Waals surface area (Å²) in [5.41, 5.74) is 2.08. The Morgan fingerprint density at radius 2 is 1.61 bits per heavy atom. The molecule has 1 aliphatic carbocycles. The molecule has 4 rings (SSSR count). The average Bonchev–Trinajstić information content (AvgIpc) is 3.12. The molecular weight excluding hydrogens is 360 g/mol. The van der Waals surface area contributed by atoms with Gasteiger partial charge in [-0.15, -0.1) is 0 Å². The lowest BCUT2D eigenvalue weighted by atomic mass is 9.80. The highest BCUT2D eigenvalue weighted by Gasteiger charge is 2.45. The molecule has 0 N–H and O–H groups in total. The molecule has 1 heterocycles. The summed E-state index contributed by atoms with van der Waals surface area (Å²) in [6, 6.07) is 13.6. The number of hydrogen-bond acceptors (Lipinski definition) is 6. The Morgan fingerprint density at radius 3 is 2.32 bits per heavy atom. The Hall–Kier alpha value is -2.57. The zero-order valence-electron chi connectivity index (χ0n) is 16.1. The van der Waals surface area contributed by atoms with Crippen molar-refractivity contribution in [3.63, 3.8) is 0 Å². The predicted octanol–water partition coefficient (Wildman–Crippen LogP) is 3.85. The topological polar surface area (TPSA) is 63.2 Å². The number of methoxy groups -OCH3 is 2. The minimum Gasteiger partial charge on any atom is -0.485 e. The van der Waals surface area contributed by atoms with Gasteiger partial charge in [-0.3, -0.25) is 4.79 Å². The summed E-state index contributed by atoms with van der Waals surface area (Å²) in [6.45, 7) is 0.395. The van der Waals surface area contributed by atoms with Gasteiger partial charge in [0.1, 0.15) is 29.1 Å². The van der Waals surface area contributed by atoms with Gasteiger partial charge >= 0.3 is 0 Å². The molecule has 6 nitrogen and oxygen atoms in total. The lowest BCUT2D eigenvalue weighted by Gasteiger charge is -2.36. The molecule has 0 unspecified atom stereocenters. The minimum absolute atomic E-state index is 0.114. The van der Waals surface area contributed by atoms with Crippen LogP contribution in [0.5, 0.6) is 17.2 Å². The second kappa shape index (κ2) is 8.20. The van der Waals surface area contributed by atoms with E-state index in [4.69, 9.17) is 23.7 Å². The van der Waals surface area contributed by atoms with E-state index in [2.05, 4.69) is 0 Å². The van der Waals surface area contributed by atoms with Crippen LogP contribution in [0.2, 0.25) is 0 Å². The van der Waals surface area contributed by atoms with Gasteiger partial charge in [0, 0.05) is 44.5 Å². The summed E-state index contributed by atoms with van der Waals surface area (Å²) >= 11 is 0. The van der Waals surface area contributed by atoms with Crippen molar-refractivity contribution in [1.82, 2.24) is 0 Å². The van der Waals surface area contributed by atoms with Crippen LogP contribution in [0.1, 0.15) is 36.0 Å². The molecule has 148 valence electrons. The van der Waals surface area contributed by atoms with Crippen LogP contribution in [0.25, 0.3) is 0 Å². The van der Waals surface area contributed by atoms with E-state index in [9.17, 15) is 4.79 Å². The Balaban J connectivity index is 1.61. The summed E-state index contributed by atoms with van der Waals surface area (Å²) in [5, 5.41) is 0. The third kappa shape index (κ3) is 3.70. The van der Waals surface area contributed by atoms with Crippen molar-refractivity contribution in [3.05, 3.63) is 53.6 Å². The lowest BCUT2D eigenvalue weighted by molar-refractivity contribution is -0.117. The molecule has 0 bridgehead atoms. The van der Waals surface area contributed by atoms with Crippen molar-refractivity contribution in [2.24, 2.45) is 5.92 Å². The number of carbonyl (C=O) groups excluding carboxylic acids is 1. The van der Waals surface area contributed by atoms with Crippen LogP contribution >= 0.6 is 0 Å². The molecule has 2 aromatic rings. The Morgan fingerprint density at radius 1 is 0.929 bits per heavy atom. The normalized spacial score (nSPS) is 22.9. The van der Waals surface area contributed by atoms with Crippen LogP contribution < -0.4 is 14.2 Å². The first-order valence-electron chi connectivity index (χ1n) is 9.35. The zero-order valence-corrected chi connectivity index (χ0v) is 16.1. The standard InChI is InChI=1S/C22H24O6/c1-24-12-26-16-5-3-14(4-6-16)22-20-10-15(23)9-18(20)19-11-17(27-13-25-2)7-8-21(19)28-22/h3-8,11,18,20,22H,9-10,12-13H2,1-2H3/t18-,20-,22-/m1/s1. The Kier molecular flexibility index (Phi) is 5.50. The van der Waals surface area contributed by atoms with Crippen LogP contribution in [0, 0.1) is 5.92 Å². The van der Waals surface area contributed by atoms with E-state index in [0.717, 1.165) is 28.4 Å². The molecule has 28 heavy (non-hydrogen) atoms. The molecule has 2 aromatic carbocycles. The highest BCUT2D eigenvalue weighted by Crippen LogP contribution is 2.53. The summed E-state index contributed by atoms with van der Waals surface area (Å²) in [6.07, 6.45) is 0.909. The molecule has 0 saturated heterocycles. The van der Waals surface area contributed by atoms with Crippen LogP contribution in [0.15, 0.2) is 42.5 Å². The predicted molar refractivity (Wildman–Crippen MR) is 102 cm³/mol. The molecule has 6 heteroatoms. The van der Waals surface area contributed by atoms with Gasteiger partial charge in [0.15, 0.2) is 13.6 Å². The number of benzene rings is 2. The fourth-order valence-corrected chi connectivity index (χ4v) is 4.10. The highest BCUT2D eigenvalue weighted by atomic mass is 16.7. The van der Waals surface area contributed by atoms with E-state index < -0.39 is 0 Å². The maximum absolute atomic E-state index is 12.3. The summed E-state index contributed by atoms with van der Waals surface area (Å²) < 4.78 is 27.3. The number of ether oxygens (including phenoxy) is 5. The molecule has 0 amide bonds. The fourth-order valence-electron chi connectivity index (χ4n) is 4.10. The van der Waals surface area contributed by atoms with E-state index in [1.165, 1.54) is 0 Å². The second-order valence-electron chi connectivity index (χ2n) is 7.13. The van der Waals surface area contributed by atoms with Crippen molar-refractivity contribution >= 4 is 5.78 Å². The molecular formula is C22H24O6. The molecule has 0 aromatic heterocycles. The van der Waals surface area contributed by atoms with Crippen molar-refractivity contribution in [1.29, 1.82) is 0 Å². The fraction of sp³-hybridized carbons (Fsp3) is 0.409. The summed E-state index contributed by atoms with van der Waals surface area (Å²) in [7, 11) is 3.17. The van der Waals surface area contributed by atoms with Crippen LogP contribution in [0.4, 0.5) is 0 Å². The van der Waals surface area contributed by atoms with Crippen molar-refractivity contribution in [3.8, 4) is 17.2 Å². The van der Waals surface area contributed by atoms with Crippen molar-refractivity contribution < 1.29 is 28.5 Å². The van der Waals surface area contributed by atoms with Crippen LogP contribution in [-0.2, 0) is 14.3 Å². The number of carbonyl (C=O) groups is 1. The molecule has 2 aliphatic rings. The quantitative estimate of drug-likeness (QED) is 0.676. The number of Topliss-reactive ketones (excluding diaryl/α,β-unsaturated/α-hetero) is 1. The van der Waals surface area contributed by atoms with Crippen LogP contribution in [0.3, 0.4) is 0 Å². The smallest absolute Gasteiger partial charge is 0.188 e. The van der Waals surface area contributed by atoms with Crippen molar-refractivity contribution in [2.45, 2.75) is 24.9 Å². The van der Waals surface area contributed by atoms with Gasteiger partial charge < -0.3 is 23.7 Å². The van der Waals surface area contributed by atoms with Gasteiger partial charge in [-0.1, -0.05) is 12.1 Å². The summed E-state index contributed by atoms with van der Waals surface area (Å²) in [5.74, 6) is 2.80. The molecule has 1 saturated carbocycles. The largest absolute Gasteiger partial charge is 0.485 e. The lowest BCUT2D eigenvalue weighted by Crippen LogP contribution is -2.26. The van der Waals surface area contributed by atoms with E-state index in [1.807, 2.05) is 42.5 Å². The molecule has 1 aliphatic heterocycles. The first-order chi connectivity index (χ1) is 13.7. The number of ketones is 1. The van der Waals surface area contributed by atoms with Gasteiger partial charge in [0.25, 0.3) is 0 Å². The monoisotopic (exact) mass is 384 g/mol. The molecule has 3 atom stereocenters. The van der Waals surface area contributed by atoms with Gasteiger partial charge in [0.05, 0.1) is 0 Å². The molecule has 0 spiro atoms. The Bertz CT molecular complexity index is 831. The molecule has 0 radical (unpaired) electrons. The zero-order chi connectivity index (χ0) is 19.5. The van der Waals surface area contributed by atoms with Gasteiger partial charge in [-0.2, -0.15) is 0 Å². The third-order valence-corrected chi connectivity index (χ3v) is 5.35. The Labute approximate surface area is 164 Å². The average molecular weight is 384 g/mol. The van der Waals surface area contributed by atoms with E-state index >= 15 is 0 Å². The second-order valence-corrected chi connectivity index (χ2v) is 7.13. The maximum atomic E-state index is 12.3. The highest BCUT2D eigenvalue weighted by molar-refractivity contribution is 5.83. The first-order valence-corrected chi connectivity index (χ1v) is 9.35. The van der Waals surface area contributed by atoms with Gasteiger partial charge in [-0.05, 0) is 35.9 Å². The minimum atomic E-state index is -0.161.